The number of hydrogen-bond acceptors (Lipinski definition) is 3. The molecule has 0 aliphatic rings. The van der Waals surface area contributed by atoms with E-state index in [0.717, 1.165) is 11.1 Å². The summed E-state index contributed by atoms with van der Waals surface area (Å²) >= 11 is 0. The van der Waals surface area contributed by atoms with E-state index in [1.54, 1.807) is 24.3 Å². The van der Waals surface area contributed by atoms with Crippen molar-refractivity contribution in [2.45, 2.75) is 13.5 Å². The van der Waals surface area contributed by atoms with Crippen molar-refractivity contribution in [1.82, 2.24) is 0 Å². The summed E-state index contributed by atoms with van der Waals surface area (Å²) in [6.45, 7) is 2.30. The van der Waals surface area contributed by atoms with E-state index >= 15 is 0 Å². The third-order valence-electron chi connectivity index (χ3n) is 2.88. The van der Waals surface area contributed by atoms with Crippen LogP contribution in [0.5, 0.6) is 11.5 Å². The molecule has 1 amide bonds. The van der Waals surface area contributed by atoms with Crippen molar-refractivity contribution in [2.24, 2.45) is 11.5 Å². The van der Waals surface area contributed by atoms with Crippen LogP contribution in [-0.2, 0) is 6.54 Å². The lowest BCUT2D eigenvalue weighted by Crippen LogP contribution is -2.12. The van der Waals surface area contributed by atoms with Crippen LogP contribution in [0.15, 0.2) is 42.5 Å². The fourth-order valence-corrected chi connectivity index (χ4v) is 1.89. The van der Waals surface area contributed by atoms with Crippen molar-refractivity contribution >= 4 is 5.91 Å². The average molecular weight is 256 g/mol. The summed E-state index contributed by atoms with van der Waals surface area (Å²) in [6, 6.07) is 12.6. The molecule has 4 N–H and O–H groups in total. The highest BCUT2D eigenvalue weighted by Gasteiger charge is 2.12. The smallest absolute Gasteiger partial charge is 0.252 e. The van der Waals surface area contributed by atoms with E-state index in [9.17, 15) is 4.79 Å². The number of hydrogen-bond donors (Lipinski definition) is 2. The zero-order chi connectivity index (χ0) is 13.8. The molecule has 0 saturated heterocycles. The second-order valence-electron chi connectivity index (χ2n) is 4.23. The van der Waals surface area contributed by atoms with E-state index in [1.807, 2.05) is 25.1 Å². The summed E-state index contributed by atoms with van der Waals surface area (Å²) in [5.41, 5.74) is 13.2. The van der Waals surface area contributed by atoms with Crippen LogP contribution < -0.4 is 16.2 Å². The van der Waals surface area contributed by atoms with Crippen molar-refractivity contribution in [2.75, 3.05) is 0 Å². The van der Waals surface area contributed by atoms with Crippen LogP contribution in [0.2, 0.25) is 0 Å². The molecular formula is C15H16N2O2. The molecule has 0 heterocycles. The van der Waals surface area contributed by atoms with Crippen LogP contribution in [0.1, 0.15) is 21.5 Å². The molecule has 0 saturated carbocycles. The van der Waals surface area contributed by atoms with Gasteiger partial charge in [-0.25, -0.2) is 0 Å². The van der Waals surface area contributed by atoms with E-state index in [0.29, 0.717) is 23.6 Å². The Morgan fingerprint density at radius 1 is 1.16 bits per heavy atom. The molecule has 2 aromatic carbocycles. The van der Waals surface area contributed by atoms with Gasteiger partial charge in [-0.05, 0) is 24.6 Å². The van der Waals surface area contributed by atoms with E-state index < -0.39 is 5.91 Å². The minimum atomic E-state index is -0.515. The molecule has 0 aromatic heterocycles. The van der Waals surface area contributed by atoms with E-state index in [2.05, 4.69) is 0 Å². The molecule has 19 heavy (non-hydrogen) atoms. The number of carbonyl (C=O) groups is 1. The van der Waals surface area contributed by atoms with E-state index in [1.165, 1.54) is 0 Å². The molecule has 0 bridgehead atoms. The van der Waals surface area contributed by atoms with Gasteiger partial charge >= 0.3 is 0 Å². The summed E-state index contributed by atoms with van der Waals surface area (Å²) in [5, 5.41) is 0. The predicted molar refractivity (Wildman–Crippen MR) is 74.1 cm³/mol. The van der Waals surface area contributed by atoms with Crippen LogP contribution in [-0.4, -0.2) is 5.91 Å². The number of nitrogens with two attached hydrogens (primary N) is 2. The molecule has 2 rings (SSSR count). The highest BCUT2D eigenvalue weighted by atomic mass is 16.5. The lowest BCUT2D eigenvalue weighted by Gasteiger charge is -2.14. The second-order valence-corrected chi connectivity index (χ2v) is 4.23. The first-order valence-electron chi connectivity index (χ1n) is 5.98. The molecule has 4 heteroatoms. The molecule has 0 unspecified atom stereocenters. The van der Waals surface area contributed by atoms with E-state index in [-0.39, 0.29) is 0 Å². The molecule has 0 aliphatic heterocycles. The average Bonchev–Trinajstić information content (AvgIpc) is 2.41. The summed E-state index contributed by atoms with van der Waals surface area (Å²) in [7, 11) is 0. The van der Waals surface area contributed by atoms with Crippen LogP contribution >= 0.6 is 0 Å². The largest absolute Gasteiger partial charge is 0.456 e. The number of aryl methyl sites for hydroxylation is 1. The minimum absolute atomic E-state index is 0.355. The van der Waals surface area contributed by atoms with Gasteiger partial charge in [0.2, 0.25) is 0 Å². The maximum absolute atomic E-state index is 11.4. The summed E-state index contributed by atoms with van der Waals surface area (Å²) < 4.78 is 5.84. The standard InChI is InChI=1S/C15H16N2O2/c1-10-5-4-6-11(9-16)14(10)19-13-8-3-2-7-12(13)15(17)18/h2-8H,9,16H2,1H3,(H2,17,18). The zero-order valence-electron chi connectivity index (χ0n) is 10.7. The van der Waals surface area contributed by atoms with Crippen LogP contribution in [0.25, 0.3) is 0 Å². The van der Waals surface area contributed by atoms with Gasteiger partial charge in [0.15, 0.2) is 0 Å². The monoisotopic (exact) mass is 256 g/mol. The van der Waals surface area contributed by atoms with Gasteiger partial charge in [0.25, 0.3) is 5.91 Å². The first kappa shape index (κ1) is 13.1. The topological polar surface area (TPSA) is 78.3 Å². The molecule has 0 spiro atoms. The number of amides is 1. The summed E-state index contributed by atoms with van der Waals surface area (Å²) in [4.78, 5) is 11.4. The number of carbonyl (C=O) groups excluding carboxylic acids is 1. The Kier molecular flexibility index (Phi) is 3.82. The fraction of sp³-hybridized carbons (Fsp3) is 0.133. The zero-order valence-corrected chi connectivity index (χ0v) is 10.7. The second kappa shape index (κ2) is 5.54. The normalized spacial score (nSPS) is 10.2. The molecule has 0 fully saturated rings. The Morgan fingerprint density at radius 3 is 2.58 bits per heavy atom. The van der Waals surface area contributed by atoms with Crippen LogP contribution in [0, 0.1) is 6.92 Å². The quantitative estimate of drug-likeness (QED) is 0.881. The molecule has 4 nitrogen and oxygen atoms in total. The summed E-state index contributed by atoms with van der Waals surface area (Å²) in [5.74, 6) is 0.608. The Labute approximate surface area is 112 Å². The van der Waals surface area contributed by atoms with Crippen LogP contribution in [0.3, 0.4) is 0 Å². The lowest BCUT2D eigenvalue weighted by molar-refractivity contribution is 0.0998. The highest BCUT2D eigenvalue weighted by Crippen LogP contribution is 2.30. The van der Waals surface area contributed by atoms with Gasteiger partial charge in [-0.15, -0.1) is 0 Å². The molecule has 0 aliphatic carbocycles. The minimum Gasteiger partial charge on any atom is -0.456 e. The van der Waals surface area contributed by atoms with Crippen molar-refractivity contribution in [3.05, 3.63) is 59.2 Å². The molecule has 2 aromatic rings. The van der Waals surface area contributed by atoms with Crippen molar-refractivity contribution in [3.8, 4) is 11.5 Å². The predicted octanol–water partition coefficient (Wildman–Crippen LogP) is 2.34. The van der Waals surface area contributed by atoms with Crippen molar-refractivity contribution in [3.63, 3.8) is 0 Å². The third kappa shape index (κ3) is 2.74. The van der Waals surface area contributed by atoms with Gasteiger partial charge in [-0.2, -0.15) is 0 Å². The molecule has 0 radical (unpaired) electrons. The van der Waals surface area contributed by atoms with Gasteiger partial charge in [0, 0.05) is 12.1 Å². The maximum Gasteiger partial charge on any atom is 0.252 e. The van der Waals surface area contributed by atoms with Crippen LogP contribution in [0.4, 0.5) is 0 Å². The first-order chi connectivity index (χ1) is 9.13. The maximum atomic E-state index is 11.4. The fourth-order valence-electron chi connectivity index (χ4n) is 1.89. The lowest BCUT2D eigenvalue weighted by atomic mass is 10.1. The molecule has 0 atom stereocenters. The summed E-state index contributed by atoms with van der Waals surface area (Å²) in [6.07, 6.45) is 0. The highest BCUT2D eigenvalue weighted by molar-refractivity contribution is 5.95. The Bertz CT molecular complexity index is 609. The van der Waals surface area contributed by atoms with Gasteiger partial charge in [-0.3, -0.25) is 4.79 Å². The first-order valence-corrected chi connectivity index (χ1v) is 5.98. The van der Waals surface area contributed by atoms with Gasteiger partial charge in [0.05, 0.1) is 5.56 Å². The SMILES string of the molecule is Cc1cccc(CN)c1Oc1ccccc1C(N)=O. The number of para-hydroxylation sites is 2. The number of benzene rings is 2. The van der Waals surface area contributed by atoms with Gasteiger partial charge < -0.3 is 16.2 Å². The number of rotatable bonds is 4. The Balaban J connectivity index is 2.45. The number of primary amides is 1. The van der Waals surface area contributed by atoms with Gasteiger partial charge in [-0.1, -0.05) is 30.3 Å². The molecule has 98 valence electrons. The Hall–Kier alpha value is -2.33. The molecular weight excluding hydrogens is 240 g/mol. The van der Waals surface area contributed by atoms with E-state index in [4.69, 9.17) is 16.2 Å². The van der Waals surface area contributed by atoms with Gasteiger partial charge in [0.1, 0.15) is 11.5 Å². The number of ether oxygens (including phenoxy) is 1. The Morgan fingerprint density at radius 2 is 1.89 bits per heavy atom. The van der Waals surface area contributed by atoms with Crippen molar-refractivity contribution < 1.29 is 9.53 Å². The third-order valence-corrected chi connectivity index (χ3v) is 2.88. The van der Waals surface area contributed by atoms with Crippen molar-refractivity contribution in [1.29, 1.82) is 0 Å².